The van der Waals surface area contributed by atoms with E-state index in [2.05, 4.69) is 58.0 Å². The number of hydrogen-bond acceptors (Lipinski definition) is 3. The van der Waals surface area contributed by atoms with Gasteiger partial charge in [-0.3, -0.25) is 0 Å². The molecule has 0 N–H and O–H groups in total. The first kappa shape index (κ1) is 24.0. The van der Waals surface area contributed by atoms with Gasteiger partial charge in [-0.25, -0.2) is 9.98 Å². The van der Waals surface area contributed by atoms with Crippen LogP contribution in [0.4, 0.5) is 11.4 Å². The van der Waals surface area contributed by atoms with Crippen LogP contribution in [0, 0.1) is 27.7 Å². The van der Waals surface area contributed by atoms with Crippen molar-refractivity contribution >= 4 is 23.1 Å². The fourth-order valence-electron chi connectivity index (χ4n) is 3.97. The zero-order chi connectivity index (χ0) is 24.8. The Morgan fingerprint density at radius 1 is 0.543 bits per heavy atom. The van der Waals surface area contributed by atoms with Gasteiger partial charge in [0, 0.05) is 18.2 Å². The quantitative estimate of drug-likeness (QED) is 0.178. The number of amidine groups is 1. The molecule has 0 radical (unpaired) electrons. The Labute approximate surface area is 208 Å². The number of rotatable bonds is 4. The minimum absolute atomic E-state index is 0.510. The lowest BCUT2D eigenvalue weighted by Gasteiger charge is -2.23. The highest BCUT2D eigenvalue weighted by molar-refractivity contribution is 6.02. The molecular weight excluding hydrogens is 430 g/mol. The van der Waals surface area contributed by atoms with E-state index in [1.54, 1.807) is 5.06 Å². The zero-order valence-corrected chi connectivity index (χ0v) is 21.0. The average Bonchev–Trinajstić information content (AvgIpc) is 2.86. The molecule has 4 nitrogen and oxygen atoms in total. The third-order valence-corrected chi connectivity index (χ3v) is 5.88. The van der Waals surface area contributed by atoms with Crippen molar-refractivity contribution in [1.82, 2.24) is 5.06 Å². The van der Waals surface area contributed by atoms with E-state index in [1.807, 2.05) is 73.8 Å². The number of aliphatic imine (C=N–C) groups is 2. The van der Waals surface area contributed by atoms with E-state index in [0.29, 0.717) is 11.7 Å². The number of benzene rings is 4. The van der Waals surface area contributed by atoms with E-state index < -0.39 is 0 Å². The smallest absolute Gasteiger partial charge is 0.253 e. The zero-order valence-electron chi connectivity index (χ0n) is 21.0. The SMILES string of the molecule is Cc1cccc(C)c1/N=C(/ON(C)/C(=N/c1c(C)cccc1C)c1ccccc1)c1ccccc1. The molecule has 0 atom stereocenters. The summed E-state index contributed by atoms with van der Waals surface area (Å²) in [4.78, 5) is 16.5. The molecule has 0 saturated heterocycles. The summed E-state index contributed by atoms with van der Waals surface area (Å²) in [5.41, 5.74) is 8.11. The van der Waals surface area contributed by atoms with Crippen LogP contribution in [0.5, 0.6) is 0 Å². The van der Waals surface area contributed by atoms with Crippen molar-refractivity contribution in [2.24, 2.45) is 9.98 Å². The van der Waals surface area contributed by atoms with E-state index in [1.165, 1.54) is 0 Å². The topological polar surface area (TPSA) is 37.2 Å². The van der Waals surface area contributed by atoms with Gasteiger partial charge in [0.2, 0.25) is 0 Å². The highest BCUT2D eigenvalue weighted by atomic mass is 16.7. The van der Waals surface area contributed by atoms with Gasteiger partial charge in [0.05, 0.1) is 11.4 Å². The predicted octanol–water partition coefficient (Wildman–Crippen LogP) is 7.64. The van der Waals surface area contributed by atoms with Crippen molar-refractivity contribution < 1.29 is 4.84 Å². The molecule has 0 aliphatic rings. The Balaban J connectivity index is 1.81. The molecule has 0 spiro atoms. The van der Waals surface area contributed by atoms with Crippen molar-refractivity contribution in [3.63, 3.8) is 0 Å². The fraction of sp³-hybridized carbons (Fsp3) is 0.161. The summed E-state index contributed by atoms with van der Waals surface area (Å²) < 4.78 is 0. The minimum Gasteiger partial charge on any atom is -0.357 e. The van der Waals surface area contributed by atoms with Crippen molar-refractivity contribution in [3.8, 4) is 0 Å². The number of aryl methyl sites for hydroxylation is 4. The molecular formula is C31H31N3O. The third-order valence-electron chi connectivity index (χ3n) is 5.88. The average molecular weight is 462 g/mol. The maximum Gasteiger partial charge on any atom is 0.253 e. The number of para-hydroxylation sites is 2. The summed E-state index contributed by atoms with van der Waals surface area (Å²) in [6, 6.07) is 32.4. The van der Waals surface area contributed by atoms with Gasteiger partial charge in [-0.15, -0.1) is 0 Å². The molecule has 0 aliphatic heterocycles. The molecule has 4 aromatic carbocycles. The van der Waals surface area contributed by atoms with Crippen LogP contribution in [0.2, 0.25) is 0 Å². The molecule has 35 heavy (non-hydrogen) atoms. The Kier molecular flexibility index (Phi) is 7.41. The Morgan fingerprint density at radius 2 is 0.971 bits per heavy atom. The lowest BCUT2D eigenvalue weighted by molar-refractivity contribution is 0.0336. The summed E-state index contributed by atoms with van der Waals surface area (Å²) >= 11 is 0. The van der Waals surface area contributed by atoms with Gasteiger partial charge in [-0.1, -0.05) is 84.9 Å². The molecule has 0 fully saturated rings. The van der Waals surface area contributed by atoms with E-state index in [9.17, 15) is 0 Å². The van der Waals surface area contributed by atoms with E-state index in [-0.39, 0.29) is 0 Å². The molecule has 4 heteroatoms. The summed E-state index contributed by atoms with van der Waals surface area (Å²) in [6.45, 7) is 8.28. The minimum atomic E-state index is 0.510. The van der Waals surface area contributed by atoms with Crippen LogP contribution >= 0.6 is 0 Å². The van der Waals surface area contributed by atoms with Crippen molar-refractivity contribution in [2.75, 3.05) is 7.05 Å². The Morgan fingerprint density at radius 3 is 1.46 bits per heavy atom. The molecule has 0 amide bonds. The molecule has 4 aromatic rings. The number of hydroxylamine groups is 2. The highest BCUT2D eigenvalue weighted by Gasteiger charge is 2.17. The summed E-state index contributed by atoms with van der Waals surface area (Å²) in [5, 5.41) is 1.71. The predicted molar refractivity (Wildman–Crippen MR) is 146 cm³/mol. The van der Waals surface area contributed by atoms with Crippen LogP contribution in [0.15, 0.2) is 107 Å². The molecule has 4 rings (SSSR count). The normalized spacial score (nSPS) is 11.9. The van der Waals surface area contributed by atoms with Crippen molar-refractivity contribution in [1.29, 1.82) is 0 Å². The van der Waals surface area contributed by atoms with Gasteiger partial charge < -0.3 is 4.84 Å². The van der Waals surface area contributed by atoms with Gasteiger partial charge in [0.1, 0.15) is 0 Å². The first-order valence-corrected chi connectivity index (χ1v) is 11.8. The molecule has 0 bridgehead atoms. The van der Waals surface area contributed by atoms with Gasteiger partial charge in [-0.2, -0.15) is 5.06 Å². The van der Waals surface area contributed by atoms with Gasteiger partial charge in [-0.05, 0) is 62.1 Å². The number of nitrogens with zero attached hydrogens (tertiary/aromatic N) is 3. The number of hydrogen-bond donors (Lipinski definition) is 0. The lowest BCUT2D eigenvalue weighted by atomic mass is 10.1. The first-order valence-electron chi connectivity index (χ1n) is 11.8. The first-order chi connectivity index (χ1) is 16.9. The standard InChI is InChI=1S/C31H31N3O/c1-22-14-12-15-23(2)28(22)32-30(26-18-8-6-9-19-26)34(5)35-31(27-20-10-7-11-21-27)33-29-24(3)16-13-17-25(29)4/h6-21H,1-5H3/b32-30+,33-31+. The van der Waals surface area contributed by atoms with E-state index in [0.717, 1.165) is 44.8 Å². The summed E-state index contributed by atoms with van der Waals surface area (Å²) in [7, 11) is 1.88. The Hall–Kier alpha value is -4.18. The van der Waals surface area contributed by atoms with Crippen LogP contribution in [-0.2, 0) is 4.84 Å². The van der Waals surface area contributed by atoms with Crippen molar-refractivity contribution in [2.45, 2.75) is 27.7 Å². The molecule has 0 aliphatic carbocycles. The van der Waals surface area contributed by atoms with Gasteiger partial charge in [0.15, 0.2) is 5.84 Å². The second kappa shape index (κ2) is 10.8. The van der Waals surface area contributed by atoms with Crippen molar-refractivity contribution in [3.05, 3.63) is 130 Å². The molecule has 0 unspecified atom stereocenters. The summed E-state index contributed by atoms with van der Waals surface area (Å²) in [5.74, 6) is 1.21. The monoisotopic (exact) mass is 461 g/mol. The van der Waals surface area contributed by atoms with Crippen LogP contribution in [-0.4, -0.2) is 23.8 Å². The molecule has 0 saturated carbocycles. The van der Waals surface area contributed by atoms with Crippen LogP contribution < -0.4 is 0 Å². The largest absolute Gasteiger partial charge is 0.357 e. The summed E-state index contributed by atoms with van der Waals surface area (Å²) in [6.07, 6.45) is 0. The van der Waals surface area contributed by atoms with Crippen LogP contribution in [0.25, 0.3) is 0 Å². The molecule has 0 aromatic heterocycles. The van der Waals surface area contributed by atoms with Gasteiger partial charge in [0.25, 0.3) is 5.90 Å². The molecule has 176 valence electrons. The van der Waals surface area contributed by atoms with E-state index >= 15 is 0 Å². The second-order valence-electron chi connectivity index (χ2n) is 8.65. The fourth-order valence-corrected chi connectivity index (χ4v) is 3.97. The van der Waals surface area contributed by atoms with E-state index in [4.69, 9.17) is 14.8 Å². The van der Waals surface area contributed by atoms with Gasteiger partial charge >= 0.3 is 0 Å². The highest BCUT2D eigenvalue weighted by Crippen LogP contribution is 2.27. The maximum atomic E-state index is 6.47. The lowest BCUT2D eigenvalue weighted by Crippen LogP contribution is -2.31. The van der Waals surface area contributed by atoms with Crippen LogP contribution in [0.3, 0.4) is 0 Å². The molecule has 0 heterocycles. The third kappa shape index (κ3) is 5.67. The Bertz CT molecular complexity index is 1320. The van der Waals surface area contributed by atoms with Crippen LogP contribution in [0.1, 0.15) is 33.4 Å². The second-order valence-corrected chi connectivity index (χ2v) is 8.65. The maximum absolute atomic E-state index is 6.47.